The molecule has 0 amide bonds. The Morgan fingerprint density at radius 3 is 2.71 bits per heavy atom. The van der Waals surface area contributed by atoms with Crippen molar-refractivity contribution in [2.45, 2.75) is 32.6 Å². The van der Waals surface area contributed by atoms with Gasteiger partial charge in [-0.1, -0.05) is 43.7 Å². The summed E-state index contributed by atoms with van der Waals surface area (Å²) in [5.41, 5.74) is 2.37. The van der Waals surface area contributed by atoms with Crippen molar-refractivity contribution in [3.8, 4) is 0 Å². The van der Waals surface area contributed by atoms with Crippen LogP contribution in [0, 0.1) is 4.78 Å². The standard InChI is InChI=1S/C14H18N2S/c1-2-3-9-13-11-17(15)14(16-13)10-12-7-5-4-6-8-12/h4-8,11,15H,2-3,9-10H2,1H3. The molecule has 1 aromatic carbocycles. The zero-order chi connectivity index (χ0) is 12.1. The number of hydrogen-bond donors (Lipinski definition) is 1. The molecule has 1 aliphatic rings. The van der Waals surface area contributed by atoms with E-state index >= 15 is 0 Å². The Kier molecular flexibility index (Phi) is 4.26. The minimum Gasteiger partial charge on any atom is -0.270 e. The molecule has 1 heterocycles. The van der Waals surface area contributed by atoms with E-state index in [2.05, 4.69) is 24.0 Å². The van der Waals surface area contributed by atoms with Crippen LogP contribution in [0.2, 0.25) is 0 Å². The summed E-state index contributed by atoms with van der Waals surface area (Å²) in [4.78, 5) is 4.60. The molecule has 17 heavy (non-hydrogen) atoms. The van der Waals surface area contributed by atoms with Gasteiger partial charge in [-0.2, -0.15) is 0 Å². The quantitative estimate of drug-likeness (QED) is 0.813. The Morgan fingerprint density at radius 2 is 2.00 bits per heavy atom. The Balaban J connectivity index is 2.02. The van der Waals surface area contributed by atoms with Crippen molar-refractivity contribution >= 4 is 15.7 Å². The predicted octanol–water partition coefficient (Wildman–Crippen LogP) is 4.05. The van der Waals surface area contributed by atoms with Crippen molar-refractivity contribution in [3.05, 3.63) is 47.0 Å². The second kappa shape index (κ2) is 5.92. The number of nitrogens with one attached hydrogen (secondary N) is 1. The molecule has 1 aliphatic heterocycles. The van der Waals surface area contributed by atoms with Gasteiger partial charge in [0.2, 0.25) is 0 Å². The molecule has 0 spiro atoms. The number of unbranched alkanes of at least 4 members (excludes halogenated alkanes) is 1. The normalized spacial score (nSPS) is 19.0. The number of rotatable bonds is 5. The molecule has 0 aliphatic carbocycles. The topological polar surface area (TPSA) is 36.2 Å². The number of allylic oxidation sites excluding steroid dienone is 1. The van der Waals surface area contributed by atoms with Gasteiger partial charge in [0, 0.05) is 17.5 Å². The number of hydrogen-bond acceptors (Lipinski definition) is 2. The first-order valence-electron chi connectivity index (χ1n) is 6.06. The fourth-order valence-corrected chi connectivity index (χ4v) is 2.92. The average Bonchev–Trinajstić information content (AvgIpc) is 2.69. The van der Waals surface area contributed by atoms with Gasteiger partial charge >= 0.3 is 0 Å². The molecule has 1 aromatic rings. The van der Waals surface area contributed by atoms with Crippen LogP contribution in [-0.4, -0.2) is 5.04 Å². The zero-order valence-electron chi connectivity index (χ0n) is 10.1. The maximum absolute atomic E-state index is 8.03. The molecule has 0 aromatic heterocycles. The molecule has 0 fully saturated rings. The highest BCUT2D eigenvalue weighted by Crippen LogP contribution is 2.19. The maximum Gasteiger partial charge on any atom is 0.0924 e. The van der Waals surface area contributed by atoms with Gasteiger partial charge in [0.25, 0.3) is 0 Å². The van der Waals surface area contributed by atoms with Crippen molar-refractivity contribution in [2.24, 2.45) is 4.99 Å². The van der Waals surface area contributed by atoms with E-state index in [4.69, 9.17) is 4.78 Å². The van der Waals surface area contributed by atoms with E-state index < -0.39 is 10.7 Å². The minimum absolute atomic E-state index is 0.507. The number of aliphatic imine (C=N–C) groups is 1. The first kappa shape index (κ1) is 12.2. The van der Waals surface area contributed by atoms with Crippen molar-refractivity contribution < 1.29 is 0 Å². The second-order valence-corrected chi connectivity index (χ2v) is 5.60. The van der Waals surface area contributed by atoms with Crippen LogP contribution in [0.15, 0.2) is 46.4 Å². The first-order valence-corrected chi connectivity index (χ1v) is 7.35. The van der Waals surface area contributed by atoms with E-state index in [1.807, 2.05) is 23.6 Å². The van der Waals surface area contributed by atoms with Gasteiger partial charge in [-0.15, -0.1) is 0 Å². The second-order valence-electron chi connectivity index (χ2n) is 4.22. The number of nitrogens with zero attached hydrogens (tertiary/aromatic N) is 1. The van der Waals surface area contributed by atoms with Crippen molar-refractivity contribution in [1.82, 2.24) is 0 Å². The van der Waals surface area contributed by atoms with Gasteiger partial charge in [-0.3, -0.25) is 4.78 Å². The first-order chi connectivity index (χ1) is 8.29. The lowest BCUT2D eigenvalue weighted by molar-refractivity contribution is 0.784. The monoisotopic (exact) mass is 246 g/mol. The van der Waals surface area contributed by atoms with Gasteiger partial charge in [0.15, 0.2) is 0 Å². The van der Waals surface area contributed by atoms with Crippen LogP contribution < -0.4 is 0 Å². The molecule has 90 valence electrons. The molecule has 1 unspecified atom stereocenters. The molecule has 0 bridgehead atoms. The molecule has 0 radical (unpaired) electrons. The van der Waals surface area contributed by atoms with Gasteiger partial charge in [-0.25, -0.2) is 4.99 Å². The molecule has 0 saturated carbocycles. The zero-order valence-corrected chi connectivity index (χ0v) is 11.0. The van der Waals surface area contributed by atoms with E-state index in [9.17, 15) is 0 Å². The van der Waals surface area contributed by atoms with Gasteiger partial charge in [-0.05, 0) is 29.1 Å². The molecule has 3 heteroatoms. The van der Waals surface area contributed by atoms with Crippen molar-refractivity contribution in [2.75, 3.05) is 0 Å². The molecule has 2 rings (SSSR count). The highest BCUT2D eigenvalue weighted by Gasteiger charge is 2.13. The third-order valence-electron chi connectivity index (χ3n) is 2.76. The minimum atomic E-state index is -0.507. The van der Waals surface area contributed by atoms with Crippen LogP contribution >= 0.6 is 0 Å². The Labute approximate surface area is 105 Å². The molecule has 2 nitrogen and oxygen atoms in total. The summed E-state index contributed by atoms with van der Waals surface area (Å²) in [6.45, 7) is 2.19. The van der Waals surface area contributed by atoms with E-state index in [0.717, 1.165) is 23.6 Å². The van der Waals surface area contributed by atoms with Crippen LogP contribution in [0.25, 0.3) is 0 Å². The van der Waals surface area contributed by atoms with Gasteiger partial charge < -0.3 is 0 Å². The molecular formula is C14H18N2S. The van der Waals surface area contributed by atoms with Crippen molar-refractivity contribution in [1.29, 1.82) is 4.78 Å². The lowest BCUT2D eigenvalue weighted by Gasteiger charge is -2.01. The lowest BCUT2D eigenvalue weighted by atomic mass is 10.2. The molecule has 0 saturated heterocycles. The Hall–Kier alpha value is -1.22. The van der Waals surface area contributed by atoms with Crippen LogP contribution in [0.5, 0.6) is 0 Å². The SMILES string of the molecule is CCCCC1=CS(=N)C(Cc2ccccc2)=N1. The highest BCUT2D eigenvalue weighted by molar-refractivity contribution is 8.04. The smallest absolute Gasteiger partial charge is 0.0924 e. The maximum atomic E-state index is 8.03. The summed E-state index contributed by atoms with van der Waals surface area (Å²) < 4.78 is 8.03. The fourth-order valence-electron chi connectivity index (χ4n) is 1.80. The average molecular weight is 246 g/mol. The molecular weight excluding hydrogens is 228 g/mol. The van der Waals surface area contributed by atoms with Crippen molar-refractivity contribution in [3.63, 3.8) is 0 Å². The van der Waals surface area contributed by atoms with E-state index in [1.54, 1.807) is 0 Å². The van der Waals surface area contributed by atoms with Gasteiger partial charge in [0.05, 0.1) is 5.04 Å². The largest absolute Gasteiger partial charge is 0.270 e. The Bertz CT molecular complexity index is 460. The predicted molar refractivity (Wildman–Crippen MR) is 75.3 cm³/mol. The lowest BCUT2D eigenvalue weighted by Crippen LogP contribution is -2.04. The summed E-state index contributed by atoms with van der Waals surface area (Å²) in [6.07, 6.45) is 4.20. The summed E-state index contributed by atoms with van der Waals surface area (Å²) in [5, 5.41) is 3.04. The molecule has 1 atom stereocenters. The number of benzene rings is 1. The van der Waals surface area contributed by atoms with E-state index in [0.29, 0.717) is 0 Å². The van der Waals surface area contributed by atoms with Crippen LogP contribution in [0.4, 0.5) is 0 Å². The van der Waals surface area contributed by atoms with Gasteiger partial charge in [0.1, 0.15) is 0 Å². The van der Waals surface area contributed by atoms with Crippen LogP contribution in [-0.2, 0) is 17.1 Å². The third kappa shape index (κ3) is 3.37. The van der Waals surface area contributed by atoms with Crippen LogP contribution in [0.1, 0.15) is 31.7 Å². The van der Waals surface area contributed by atoms with Crippen LogP contribution in [0.3, 0.4) is 0 Å². The molecule has 1 N–H and O–H groups in total. The fraction of sp³-hybridized carbons (Fsp3) is 0.357. The third-order valence-corrected chi connectivity index (χ3v) is 4.01. The summed E-state index contributed by atoms with van der Waals surface area (Å²) in [7, 11) is -0.507. The highest BCUT2D eigenvalue weighted by atomic mass is 32.2. The van der Waals surface area contributed by atoms with E-state index in [-0.39, 0.29) is 0 Å². The summed E-state index contributed by atoms with van der Waals surface area (Å²) >= 11 is 0. The Morgan fingerprint density at radius 1 is 1.24 bits per heavy atom. The summed E-state index contributed by atoms with van der Waals surface area (Å²) in [6, 6.07) is 10.3. The summed E-state index contributed by atoms with van der Waals surface area (Å²) in [5.74, 6) is 0. The van der Waals surface area contributed by atoms with E-state index in [1.165, 1.54) is 18.4 Å².